The van der Waals surface area contributed by atoms with Gasteiger partial charge < -0.3 is 0 Å². The van der Waals surface area contributed by atoms with E-state index in [1.807, 2.05) is 6.07 Å². The van der Waals surface area contributed by atoms with Gasteiger partial charge >= 0.3 is 0 Å². The molecule has 0 spiro atoms. The molecule has 1 aliphatic heterocycles. The largest absolute Gasteiger partial charge is 0.236 e. The van der Waals surface area contributed by atoms with Crippen LogP contribution in [-0.2, 0) is 0 Å². The molecule has 4 nitrogen and oxygen atoms in total. The zero-order valence-corrected chi connectivity index (χ0v) is 7.82. The monoisotopic (exact) mass is 200 g/mol. The van der Waals surface area contributed by atoms with E-state index in [2.05, 4.69) is 19.9 Å². The molecule has 0 unspecified atom stereocenters. The van der Waals surface area contributed by atoms with Gasteiger partial charge in [-0.3, -0.25) is 0 Å². The lowest BCUT2D eigenvalue weighted by Gasteiger charge is -1.90. The summed E-state index contributed by atoms with van der Waals surface area (Å²) < 4.78 is 0.529. The summed E-state index contributed by atoms with van der Waals surface area (Å²) in [6.45, 7) is 0. The predicted molar refractivity (Wildman–Crippen MR) is 55.4 cm³/mol. The summed E-state index contributed by atoms with van der Waals surface area (Å²) in [5.41, 5.74) is 1.58. The second-order valence-electron chi connectivity index (χ2n) is 2.89. The Kier molecular flexibility index (Phi) is 1.43. The zero-order chi connectivity index (χ0) is 9.54. The first kappa shape index (κ1) is 7.64. The van der Waals surface area contributed by atoms with Crippen LogP contribution >= 0.6 is 12.2 Å². The fraction of sp³-hybridized carbons (Fsp3) is 0. The van der Waals surface area contributed by atoms with Crippen molar-refractivity contribution in [1.82, 2.24) is 15.0 Å². The summed E-state index contributed by atoms with van der Waals surface area (Å²) in [6.07, 6.45) is 3.20. The van der Waals surface area contributed by atoms with Gasteiger partial charge in [-0.1, -0.05) is 12.2 Å². The third-order valence-corrected chi connectivity index (χ3v) is 2.27. The van der Waals surface area contributed by atoms with Crippen LogP contribution in [0.25, 0.3) is 11.0 Å². The number of hydrogen-bond donors (Lipinski definition) is 0. The van der Waals surface area contributed by atoms with Crippen molar-refractivity contribution in [1.29, 1.82) is 0 Å². The van der Waals surface area contributed by atoms with E-state index in [-0.39, 0.29) is 0 Å². The SMILES string of the molecule is S=c1ccc2c3c(ncnc3n1)N=C2. The van der Waals surface area contributed by atoms with Gasteiger partial charge in [0.1, 0.15) is 11.0 Å². The Morgan fingerprint density at radius 1 is 1.14 bits per heavy atom. The minimum absolute atomic E-state index is 0.529. The lowest BCUT2D eigenvalue weighted by molar-refractivity contribution is 1.18. The Morgan fingerprint density at radius 3 is 3.00 bits per heavy atom. The maximum atomic E-state index is 5.02. The van der Waals surface area contributed by atoms with Crippen LogP contribution in [0.5, 0.6) is 0 Å². The lowest BCUT2D eigenvalue weighted by atomic mass is 10.2. The van der Waals surface area contributed by atoms with Gasteiger partial charge in [-0.25, -0.2) is 19.9 Å². The number of aliphatic imine (C=N–C) groups is 1. The zero-order valence-electron chi connectivity index (χ0n) is 7.01. The maximum Gasteiger partial charge on any atom is 0.166 e. The molecule has 0 amide bonds. The molecule has 2 aromatic rings. The number of nitrogens with zero attached hydrogens (tertiary/aromatic N) is 4. The molecule has 0 radical (unpaired) electrons. The van der Waals surface area contributed by atoms with Gasteiger partial charge in [0.05, 0.1) is 5.39 Å². The minimum atomic E-state index is 0.529. The fourth-order valence-corrected chi connectivity index (χ4v) is 1.59. The lowest BCUT2D eigenvalue weighted by Crippen LogP contribution is -1.82. The van der Waals surface area contributed by atoms with Gasteiger partial charge in [0.2, 0.25) is 0 Å². The molecule has 0 saturated carbocycles. The number of rotatable bonds is 0. The van der Waals surface area contributed by atoms with Crippen molar-refractivity contribution < 1.29 is 0 Å². The van der Waals surface area contributed by atoms with Crippen LogP contribution in [0.15, 0.2) is 23.5 Å². The first-order chi connectivity index (χ1) is 6.84. The summed E-state index contributed by atoms with van der Waals surface area (Å²) in [5.74, 6) is 0.670. The second-order valence-corrected chi connectivity index (χ2v) is 3.31. The van der Waals surface area contributed by atoms with Gasteiger partial charge in [-0.15, -0.1) is 0 Å². The minimum Gasteiger partial charge on any atom is -0.236 e. The number of hydrogen-bond acceptors (Lipinski definition) is 5. The highest BCUT2D eigenvalue weighted by atomic mass is 32.1. The first-order valence-electron chi connectivity index (χ1n) is 4.05. The summed E-state index contributed by atoms with van der Waals surface area (Å²) in [6, 6.07) is 3.66. The molecule has 0 N–H and O–H groups in total. The Balaban J connectivity index is 2.67. The normalized spacial score (nSPS) is 12.3. The highest BCUT2D eigenvalue weighted by Crippen LogP contribution is 2.27. The molecular formula is C9H4N4S. The second kappa shape index (κ2) is 2.62. The molecule has 66 valence electrons. The Bertz CT molecular complexity index is 621. The van der Waals surface area contributed by atoms with Gasteiger partial charge in [-0.2, -0.15) is 0 Å². The molecule has 1 aliphatic rings. The van der Waals surface area contributed by atoms with E-state index in [4.69, 9.17) is 12.2 Å². The van der Waals surface area contributed by atoms with Crippen molar-refractivity contribution in [3.05, 3.63) is 28.7 Å². The van der Waals surface area contributed by atoms with Crippen molar-refractivity contribution >= 4 is 35.3 Å². The predicted octanol–water partition coefficient (Wildman–Crippen LogP) is 1.82. The van der Waals surface area contributed by atoms with E-state index in [0.717, 1.165) is 10.9 Å². The Labute approximate surface area is 84.4 Å². The first-order valence-corrected chi connectivity index (χ1v) is 4.45. The quantitative estimate of drug-likeness (QED) is 0.519. The molecule has 5 heteroatoms. The van der Waals surface area contributed by atoms with Crippen LogP contribution in [0, 0.1) is 4.64 Å². The van der Waals surface area contributed by atoms with Crippen molar-refractivity contribution in [2.45, 2.75) is 0 Å². The highest BCUT2D eigenvalue weighted by molar-refractivity contribution is 7.71. The molecule has 0 bridgehead atoms. The van der Waals surface area contributed by atoms with E-state index in [9.17, 15) is 0 Å². The molecular weight excluding hydrogens is 196 g/mol. The summed E-state index contributed by atoms with van der Waals surface area (Å²) in [4.78, 5) is 16.5. The summed E-state index contributed by atoms with van der Waals surface area (Å²) >= 11 is 5.02. The fourth-order valence-electron chi connectivity index (χ4n) is 1.43. The standard InChI is InChI=1S/C9H4N4S/c14-6-2-1-5-3-10-8-7(5)9(13-6)12-4-11-8/h1-4H. The average Bonchev–Trinajstić information content (AvgIpc) is 2.51. The van der Waals surface area contributed by atoms with Crippen LogP contribution in [0.2, 0.25) is 0 Å². The Morgan fingerprint density at radius 2 is 2.07 bits per heavy atom. The van der Waals surface area contributed by atoms with E-state index < -0.39 is 0 Å². The molecule has 0 atom stereocenters. The molecule has 3 rings (SSSR count). The van der Waals surface area contributed by atoms with Crippen molar-refractivity contribution in [2.24, 2.45) is 4.99 Å². The molecule has 0 aliphatic carbocycles. The van der Waals surface area contributed by atoms with E-state index >= 15 is 0 Å². The van der Waals surface area contributed by atoms with Gasteiger partial charge in [-0.05, 0) is 12.1 Å². The highest BCUT2D eigenvalue weighted by Gasteiger charge is 2.11. The number of aromatic nitrogens is 3. The van der Waals surface area contributed by atoms with Gasteiger partial charge in [0.25, 0.3) is 0 Å². The molecule has 0 aromatic carbocycles. The van der Waals surface area contributed by atoms with Gasteiger partial charge in [0.15, 0.2) is 11.5 Å². The summed E-state index contributed by atoms with van der Waals surface area (Å²) in [7, 11) is 0. The molecule has 2 aromatic heterocycles. The molecule has 3 heterocycles. The van der Waals surface area contributed by atoms with Crippen LogP contribution in [0.4, 0.5) is 5.82 Å². The van der Waals surface area contributed by atoms with Crippen LogP contribution in [0.1, 0.15) is 5.56 Å². The maximum absolute atomic E-state index is 5.02. The third kappa shape index (κ3) is 0.958. The smallest absolute Gasteiger partial charge is 0.166 e. The average molecular weight is 200 g/mol. The van der Waals surface area contributed by atoms with Crippen molar-refractivity contribution in [3.8, 4) is 0 Å². The van der Waals surface area contributed by atoms with Crippen LogP contribution in [0.3, 0.4) is 0 Å². The van der Waals surface area contributed by atoms with Crippen LogP contribution < -0.4 is 0 Å². The van der Waals surface area contributed by atoms with E-state index in [1.54, 1.807) is 12.3 Å². The van der Waals surface area contributed by atoms with Crippen LogP contribution in [-0.4, -0.2) is 21.2 Å². The summed E-state index contributed by atoms with van der Waals surface area (Å²) in [5, 5.41) is 0.878. The molecule has 0 saturated heterocycles. The third-order valence-electron chi connectivity index (χ3n) is 2.04. The Hall–Kier alpha value is -1.75. The van der Waals surface area contributed by atoms with Crippen molar-refractivity contribution in [2.75, 3.05) is 0 Å². The van der Waals surface area contributed by atoms with E-state index in [1.165, 1.54) is 6.33 Å². The molecule has 14 heavy (non-hydrogen) atoms. The topological polar surface area (TPSA) is 51.0 Å². The van der Waals surface area contributed by atoms with Crippen molar-refractivity contribution in [3.63, 3.8) is 0 Å². The molecule has 0 fully saturated rings. The van der Waals surface area contributed by atoms with Gasteiger partial charge in [0, 0.05) is 11.8 Å². The van der Waals surface area contributed by atoms with E-state index in [0.29, 0.717) is 16.1 Å².